The molecular weight excluding hydrogens is 268 g/mol. The third kappa shape index (κ3) is 6.47. The lowest BCUT2D eigenvalue weighted by atomic mass is 10.0. The summed E-state index contributed by atoms with van der Waals surface area (Å²) < 4.78 is 4.52. The molecule has 0 fully saturated rings. The van der Waals surface area contributed by atoms with E-state index in [0.717, 1.165) is 0 Å². The van der Waals surface area contributed by atoms with Gasteiger partial charge in [-0.2, -0.15) is 4.98 Å². The van der Waals surface area contributed by atoms with Crippen molar-refractivity contribution in [1.82, 2.24) is 20.8 Å². The number of nitrogens with one attached hydrogen (secondary N) is 2. The van der Waals surface area contributed by atoms with Crippen LogP contribution < -0.4 is 10.6 Å². The van der Waals surface area contributed by atoms with Crippen molar-refractivity contribution in [1.29, 1.82) is 0 Å². The van der Waals surface area contributed by atoms with E-state index in [2.05, 4.69) is 25.3 Å². The molecule has 1 unspecified atom stereocenters. The van der Waals surface area contributed by atoms with Gasteiger partial charge in [0, 0.05) is 25.8 Å². The van der Waals surface area contributed by atoms with Gasteiger partial charge in [0.25, 0.3) is 0 Å². The summed E-state index contributed by atoms with van der Waals surface area (Å²) in [6.45, 7) is 1.88. The molecule has 3 amide bonds. The first kappa shape index (κ1) is 15.6. The summed E-state index contributed by atoms with van der Waals surface area (Å²) >= 11 is 0. The molecular formula is C11H16N4O5. The monoisotopic (exact) mass is 284 g/mol. The molecule has 3 N–H and O–H groups in total. The Morgan fingerprint density at radius 3 is 2.75 bits per heavy atom. The van der Waals surface area contributed by atoms with Crippen LogP contribution in [0.3, 0.4) is 0 Å². The molecule has 0 aliphatic carbocycles. The number of aromatic nitrogens is 2. The minimum atomic E-state index is -0.977. The number of amides is 3. The van der Waals surface area contributed by atoms with Crippen molar-refractivity contribution in [3.8, 4) is 0 Å². The van der Waals surface area contributed by atoms with Gasteiger partial charge >= 0.3 is 12.0 Å². The quantitative estimate of drug-likeness (QED) is 0.638. The first-order valence-electron chi connectivity index (χ1n) is 6.02. The third-order valence-corrected chi connectivity index (χ3v) is 2.35. The maximum absolute atomic E-state index is 11.4. The van der Waals surface area contributed by atoms with Crippen LogP contribution in [0.25, 0.3) is 0 Å². The van der Waals surface area contributed by atoms with Crippen molar-refractivity contribution in [2.45, 2.75) is 26.2 Å². The van der Waals surface area contributed by atoms with Gasteiger partial charge in [-0.05, 0) is 5.92 Å². The lowest BCUT2D eigenvalue weighted by Gasteiger charge is -2.09. The van der Waals surface area contributed by atoms with Crippen molar-refractivity contribution >= 4 is 17.9 Å². The largest absolute Gasteiger partial charge is 0.481 e. The summed E-state index contributed by atoms with van der Waals surface area (Å²) in [5.41, 5.74) is 0. The summed E-state index contributed by atoms with van der Waals surface area (Å²) in [6.07, 6.45) is 1.42. The Morgan fingerprint density at radius 1 is 1.40 bits per heavy atom. The number of carboxylic acid groups (broad SMARTS) is 1. The van der Waals surface area contributed by atoms with Crippen LogP contribution in [0.1, 0.15) is 25.6 Å². The number of imide groups is 1. The van der Waals surface area contributed by atoms with Gasteiger partial charge in [-0.15, -0.1) is 0 Å². The van der Waals surface area contributed by atoms with Gasteiger partial charge in [0.2, 0.25) is 12.3 Å². The number of urea groups is 1. The standard InChI is InChI=1S/C11H16N4O5/c1-7(5-10(17)18)4-9(16)14-11(19)12-3-2-8-13-6-20-15-8/h6-7H,2-5H2,1H3,(H,17,18)(H2,12,14,16,19). The van der Waals surface area contributed by atoms with E-state index in [-0.39, 0.29) is 25.3 Å². The molecule has 0 saturated carbocycles. The Kier molecular flexibility index (Phi) is 6.14. The third-order valence-electron chi connectivity index (χ3n) is 2.35. The Morgan fingerprint density at radius 2 is 2.15 bits per heavy atom. The lowest BCUT2D eigenvalue weighted by Crippen LogP contribution is -2.40. The summed E-state index contributed by atoms with van der Waals surface area (Å²) in [4.78, 5) is 37.0. The van der Waals surface area contributed by atoms with Crippen LogP contribution in [0.15, 0.2) is 10.9 Å². The SMILES string of the molecule is CC(CC(=O)O)CC(=O)NC(=O)NCCc1ncon1. The molecule has 1 atom stereocenters. The average Bonchev–Trinajstić information content (AvgIpc) is 2.80. The Hall–Kier alpha value is -2.45. The molecule has 110 valence electrons. The van der Waals surface area contributed by atoms with E-state index in [4.69, 9.17) is 5.11 Å². The van der Waals surface area contributed by atoms with Gasteiger partial charge in [0.1, 0.15) is 0 Å². The molecule has 0 radical (unpaired) electrons. The first-order valence-corrected chi connectivity index (χ1v) is 6.02. The van der Waals surface area contributed by atoms with E-state index in [1.165, 1.54) is 6.39 Å². The minimum absolute atomic E-state index is 0.0233. The first-order chi connectivity index (χ1) is 9.47. The van der Waals surface area contributed by atoms with E-state index >= 15 is 0 Å². The lowest BCUT2D eigenvalue weighted by molar-refractivity contribution is -0.138. The van der Waals surface area contributed by atoms with Gasteiger partial charge in [0.05, 0.1) is 0 Å². The zero-order valence-corrected chi connectivity index (χ0v) is 11.0. The highest BCUT2D eigenvalue weighted by molar-refractivity contribution is 5.94. The fourth-order valence-electron chi connectivity index (χ4n) is 1.50. The normalized spacial score (nSPS) is 11.7. The molecule has 1 rings (SSSR count). The van der Waals surface area contributed by atoms with Crippen LogP contribution in [0.4, 0.5) is 4.79 Å². The highest BCUT2D eigenvalue weighted by Gasteiger charge is 2.14. The van der Waals surface area contributed by atoms with Crippen LogP contribution in [0, 0.1) is 5.92 Å². The van der Waals surface area contributed by atoms with E-state index in [9.17, 15) is 14.4 Å². The Balaban J connectivity index is 2.17. The van der Waals surface area contributed by atoms with Gasteiger partial charge in [-0.1, -0.05) is 12.1 Å². The summed E-state index contributed by atoms with van der Waals surface area (Å²) in [7, 11) is 0. The molecule has 1 aromatic heterocycles. The van der Waals surface area contributed by atoms with Crippen molar-refractivity contribution in [3.05, 3.63) is 12.2 Å². The minimum Gasteiger partial charge on any atom is -0.481 e. The topological polar surface area (TPSA) is 134 Å². The maximum Gasteiger partial charge on any atom is 0.321 e. The molecule has 0 bridgehead atoms. The molecule has 0 aliphatic heterocycles. The number of carbonyl (C=O) groups excluding carboxylic acids is 2. The number of hydrogen-bond acceptors (Lipinski definition) is 6. The second-order valence-electron chi connectivity index (χ2n) is 4.31. The molecule has 1 heterocycles. The average molecular weight is 284 g/mol. The number of carbonyl (C=O) groups is 3. The second-order valence-corrected chi connectivity index (χ2v) is 4.31. The zero-order valence-electron chi connectivity index (χ0n) is 11.0. The second kappa shape index (κ2) is 7.87. The van der Waals surface area contributed by atoms with E-state index in [1.54, 1.807) is 6.92 Å². The van der Waals surface area contributed by atoms with Crippen LogP contribution >= 0.6 is 0 Å². The molecule has 1 aromatic rings. The molecule has 0 aliphatic rings. The molecule has 0 spiro atoms. The fraction of sp³-hybridized carbons (Fsp3) is 0.545. The molecule has 0 aromatic carbocycles. The Labute approximate surface area is 114 Å². The van der Waals surface area contributed by atoms with Crippen LogP contribution in [0.2, 0.25) is 0 Å². The van der Waals surface area contributed by atoms with Gasteiger partial charge < -0.3 is 14.9 Å². The van der Waals surface area contributed by atoms with E-state index < -0.39 is 17.9 Å². The van der Waals surface area contributed by atoms with Crippen molar-refractivity contribution in [2.24, 2.45) is 5.92 Å². The Bertz CT molecular complexity index is 459. The summed E-state index contributed by atoms with van der Waals surface area (Å²) in [5.74, 6) is -1.38. The predicted octanol–water partition coefficient (Wildman–Crippen LogP) is -0.0612. The van der Waals surface area contributed by atoms with Gasteiger partial charge in [-0.3, -0.25) is 14.9 Å². The van der Waals surface area contributed by atoms with Gasteiger partial charge in [0.15, 0.2) is 5.82 Å². The number of nitrogens with zero attached hydrogens (tertiary/aromatic N) is 2. The van der Waals surface area contributed by atoms with Gasteiger partial charge in [-0.25, -0.2) is 4.79 Å². The van der Waals surface area contributed by atoms with Crippen LogP contribution in [-0.2, 0) is 16.0 Å². The summed E-state index contributed by atoms with van der Waals surface area (Å²) in [5, 5.41) is 16.7. The van der Waals surface area contributed by atoms with E-state index in [1.807, 2.05) is 0 Å². The van der Waals surface area contributed by atoms with Crippen LogP contribution in [0.5, 0.6) is 0 Å². The zero-order chi connectivity index (χ0) is 15.0. The highest BCUT2D eigenvalue weighted by Crippen LogP contribution is 2.06. The van der Waals surface area contributed by atoms with Crippen molar-refractivity contribution in [2.75, 3.05) is 6.54 Å². The summed E-state index contributed by atoms with van der Waals surface area (Å²) in [6, 6.07) is -0.638. The smallest absolute Gasteiger partial charge is 0.321 e. The van der Waals surface area contributed by atoms with Crippen molar-refractivity contribution in [3.63, 3.8) is 0 Å². The van der Waals surface area contributed by atoms with Crippen LogP contribution in [-0.4, -0.2) is 39.7 Å². The number of hydrogen-bond donors (Lipinski definition) is 3. The fourth-order valence-corrected chi connectivity index (χ4v) is 1.50. The van der Waals surface area contributed by atoms with Crippen molar-refractivity contribution < 1.29 is 24.0 Å². The predicted molar refractivity (Wildman–Crippen MR) is 65.6 cm³/mol. The van der Waals surface area contributed by atoms with E-state index in [0.29, 0.717) is 12.2 Å². The highest BCUT2D eigenvalue weighted by atomic mass is 16.5. The number of rotatable bonds is 7. The molecule has 9 nitrogen and oxygen atoms in total. The maximum atomic E-state index is 11.4. The number of aliphatic carboxylic acids is 1. The molecule has 0 saturated heterocycles. The number of carboxylic acids is 1. The molecule has 9 heteroatoms. The molecule has 20 heavy (non-hydrogen) atoms.